The van der Waals surface area contributed by atoms with Crippen LogP contribution in [0.2, 0.25) is 0 Å². The second-order valence-corrected chi connectivity index (χ2v) is 7.39. The molecule has 3 aromatic rings. The van der Waals surface area contributed by atoms with E-state index in [1.165, 1.54) is 42.9 Å². The molecule has 15 heteroatoms. The van der Waals surface area contributed by atoms with E-state index in [9.17, 15) is 33.1 Å². The smallest absolute Gasteiger partial charge is 0.868 e. The number of allylic oxidation sites excluding steroid dienone is 1. The number of Topliss-reactive ketones (excluding diaryl/α,β-unsaturated/α-hetero) is 1. The molecule has 0 unspecified atom stereocenters. The number of pyridine rings is 2. The molecule has 0 aliphatic heterocycles. The Balaban J connectivity index is 0. The fourth-order valence-electron chi connectivity index (χ4n) is 2.57. The van der Waals surface area contributed by atoms with Crippen molar-refractivity contribution in [3.8, 4) is 0 Å². The van der Waals surface area contributed by atoms with Crippen molar-refractivity contribution in [3.63, 3.8) is 0 Å². The first-order valence-electron chi connectivity index (χ1n) is 11.0. The van der Waals surface area contributed by atoms with E-state index in [-0.39, 0.29) is 73.0 Å². The van der Waals surface area contributed by atoms with E-state index in [0.29, 0.717) is 18.2 Å². The molecule has 0 aromatic carbocycles. The monoisotopic (exact) mass is 572 g/mol. The third kappa shape index (κ3) is 15.1. The Morgan fingerprint density at radius 2 is 1.62 bits per heavy atom. The number of hydrazine groups is 1. The Morgan fingerprint density at radius 3 is 2.08 bits per heavy atom. The molecule has 12 nitrogen and oxygen atoms in total. The number of H-pyrrole nitrogens is 1. The molecule has 4 N–H and O–H groups in total. The maximum atomic E-state index is 12.9. The van der Waals surface area contributed by atoms with Crippen molar-refractivity contribution in [2.24, 2.45) is 5.84 Å². The topological polar surface area (TPSA) is 185 Å². The summed E-state index contributed by atoms with van der Waals surface area (Å²) in [5.74, 6) is 1.64. The number of carbonyl (C=O) groups excluding carboxylic acids is 3. The fourth-order valence-corrected chi connectivity index (χ4v) is 2.57. The molecule has 0 saturated heterocycles. The Morgan fingerprint density at radius 1 is 1.07 bits per heavy atom. The van der Waals surface area contributed by atoms with Crippen LogP contribution >= 0.6 is 0 Å². The van der Waals surface area contributed by atoms with Gasteiger partial charge >= 0.3 is 35.5 Å². The molecule has 0 amide bonds. The number of nitrogens with two attached hydrogens (primary N) is 1. The second-order valence-electron chi connectivity index (χ2n) is 7.39. The first kappa shape index (κ1) is 38.6. The quantitative estimate of drug-likeness (QED) is 0.0527. The van der Waals surface area contributed by atoms with Crippen molar-refractivity contribution in [2.45, 2.75) is 41.3 Å². The molecule has 0 atom stereocenters. The second kappa shape index (κ2) is 20.4. The molecule has 0 radical (unpaired) electrons. The van der Waals surface area contributed by atoms with Gasteiger partial charge in [-0.1, -0.05) is 7.43 Å². The van der Waals surface area contributed by atoms with Crippen LogP contribution < -0.4 is 51.5 Å². The zero-order chi connectivity index (χ0) is 28.7. The van der Waals surface area contributed by atoms with Crippen LogP contribution in [0.1, 0.15) is 49.8 Å². The van der Waals surface area contributed by atoms with Crippen LogP contribution in [-0.4, -0.2) is 43.9 Å². The fraction of sp³-hybridized carbons (Fsp3) is 0.280. The third-order valence-electron chi connectivity index (χ3n) is 4.15. The number of ether oxygens (including phenoxy) is 1. The Hall–Kier alpha value is -3.56. The Kier molecular flexibility index (Phi) is 19.6. The number of aromatic amines is 1. The molecule has 3 rings (SSSR count). The summed E-state index contributed by atoms with van der Waals surface area (Å²) in [6.07, 6.45) is 5.97. The van der Waals surface area contributed by atoms with E-state index >= 15 is 0 Å². The van der Waals surface area contributed by atoms with Gasteiger partial charge in [-0.15, -0.1) is 0 Å². The molecule has 0 aliphatic rings. The van der Waals surface area contributed by atoms with E-state index in [4.69, 9.17) is 5.84 Å². The van der Waals surface area contributed by atoms with Crippen molar-refractivity contribution < 1.29 is 62.6 Å². The minimum Gasteiger partial charge on any atom is -0.868 e. The van der Waals surface area contributed by atoms with Gasteiger partial charge < -0.3 is 9.84 Å². The summed E-state index contributed by atoms with van der Waals surface area (Å²) in [5, 5.41) is 13.2. The Labute approximate surface area is 251 Å². The largest absolute Gasteiger partial charge is 1.00 e. The number of carbonyl (C=O) groups is 3. The molecule has 0 spiro atoms. The van der Waals surface area contributed by atoms with Crippen LogP contribution in [0.4, 0.5) is 8.78 Å². The molecule has 0 bridgehead atoms. The predicted octanol–water partition coefficient (Wildman–Crippen LogP) is -1.83. The van der Waals surface area contributed by atoms with Crippen LogP contribution in [-0.2, 0) is 27.4 Å². The van der Waals surface area contributed by atoms with E-state index in [0.717, 1.165) is 18.0 Å². The zero-order valence-electron chi connectivity index (χ0n) is 21.9. The normalized spacial score (nSPS) is 9.90. The van der Waals surface area contributed by atoms with E-state index in [1.807, 2.05) is 0 Å². The maximum absolute atomic E-state index is 12.9. The average molecular weight is 573 g/mol. The van der Waals surface area contributed by atoms with Crippen molar-refractivity contribution in [2.75, 3.05) is 6.61 Å². The van der Waals surface area contributed by atoms with Gasteiger partial charge in [-0.05, 0) is 48.9 Å². The van der Waals surface area contributed by atoms with Crippen molar-refractivity contribution >= 4 is 17.5 Å². The third-order valence-corrected chi connectivity index (χ3v) is 4.15. The van der Waals surface area contributed by atoms with Gasteiger partial charge in [-0.2, -0.15) is 0 Å². The number of hydrogen-bond donors (Lipinski definition) is 3. The first-order chi connectivity index (χ1) is 18.0. The van der Waals surface area contributed by atoms with E-state index < -0.39 is 23.3 Å². The zero-order valence-corrected chi connectivity index (χ0v) is 23.9. The van der Waals surface area contributed by atoms with Gasteiger partial charge in [0.2, 0.25) is 0 Å². The van der Waals surface area contributed by atoms with Crippen molar-refractivity contribution in [1.82, 2.24) is 25.2 Å². The van der Waals surface area contributed by atoms with Crippen LogP contribution in [0.15, 0.2) is 59.6 Å². The number of ketones is 2. The summed E-state index contributed by atoms with van der Waals surface area (Å²) < 4.78 is 30.8. The minimum absolute atomic E-state index is 0. The SMILES string of the molecule is C.CC(=O)c1cc(=O)n(Cc2cncc(F)c2)[nH]1.CCOC(=O)/C([O-])=C/C(C)=O.NNCc1cncc(F)c1.[Na+]. The molecule has 0 saturated carbocycles. The summed E-state index contributed by atoms with van der Waals surface area (Å²) >= 11 is 0. The molecule has 40 heavy (non-hydrogen) atoms. The van der Waals surface area contributed by atoms with Crippen LogP contribution in [0.25, 0.3) is 0 Å². The maximum Gasteiger partial charge on any atom is 1.00 e. The number of aromatic nitrogens is 4. The van der Waals surface area contributed by atoms with Crippen molar-refractivity contribution in [3.05, 3.63) is 93.6 Å². The number of hydrogen-bond acceptors (Lipinski definition) is 10. The van der Waals surface area contributed by atoms with Crippen LogP contribution in [0.5, 0.6) is 0 Å². The summed E-state index contributed by atoms with van der Waals surface area (Å²) in [6, 6.07) is 3.88. The van der Waals surface area contributed by atoms with Crippen molar-refractivity contribution in [1.29, 1.82) is 0 Å². The van der Waals surface area contributed by atoms with Gasteiger partial charge in [-0.25, -0.2) is 18.3 Å². The molecular formula is C25H31F2N6NaO6. The van der Waals surface area contributed by atoms with E-state index in [2.05, 4.69) is 25.2 Å². The average Bonchev–Trinajstić information content (AvgIpc) is 3.20. The first-order valence-corrected chi connectivity index (χ1v) is 11.0. The molecule has 0 fully saturated rings. The molecule has 0 aliphatic carbocycles. The van der Waals surface area contributed by atoms with Gasteiger partial charge in [0.1, 0.15) is 17.3 Å². The molecule has 212 valence electrons. The minimum atomic E-state index is -0.984. The Bertz CT molecular complexity index is 1330. The summed E-state index contributed by atoms with van der Waals surface area (Å²) in [5.41, 5.74) is 3.59. The van der Waals surface area contributed by atoms with Crippen LogP contribution in [0, 0.1) is 11.6 Å². The summed E-state index contributed by atoms with van der Waals surface area (Å²) in [6.45, 7) is 4.85. The van der Waals surface area contributed by atoms with Gasteiger partial charge in [0.15, 0.2) is 11.6 Å². The number of esters is 1. The number of nitrogens with one attached hydrogen (secondary N) is 2. The number of rotatable bonds is 8. The summed E-state index contributed by atoms with van der Waals surface area (Å²) in [4.78, 5) is 50.7. The van der Waals surface area contributed by atoms with Crippen LogP contribution in [0.3, 0.4) is 0 Å². The van der Waals surface area contributed by atoms with Gasteiger partial charge in [0.05, 0.1) is 25.5 Å². The van der Waals surface area contributed by atoms with Gasteiger partial charge in [-0.3, -0.25) is 40.7 Å². The summed E-state index contributed by atoms with van der Waals surface area (Å²) in [7, 11) is 0. The standard InChI is InChI=1S/C11H10FN3O2.C7H10O4.C6H8FN3.CH4.Na/c1-7(16)10-3-11(17)15(14-10)6-8-2-9(12)5-13-4-8;1-3-11-7(10)6(9)4-5(2)8;7-6-1-5(3-10-8)2-9-4-6;;/h2-5,14H,6H2,1H3;4,9H,3H2,1-2H3;1-2,4,10H,3,8H2;1H4;/q;;;;+1/p-1/b;6-4-;;;. The number of halogens is 2. The van der Waals surface area contributed by atoms with Gasteiger partial charge in [0.25, 0.3) is 5.56 Å². The predicted molar refractivity (Wildman–Crippen MR) is 136 cm³/mol. The van der Waals surface area contributed by atoms with E-state index in [1.54, 1.807) is 13.1 Å². The van der Waals surface area contributed by atoms with Gasteiger partial charge in [0, 0.05) is 31.9 Å². The molecule has 3 aromatic heterocycles. The molecule has 3 heterocycles. The number of nitrogens with zero attached hydrogens (tertiary/aromatic N) is 3. The molecular weight excluding hydrogens is 541 g/mol.